The van der Waals surface area contributed by atoms with Crippen molar-refractivity contribution in [3.63, 3.8) is 0 Å². The fourth-order valence-corrected chi connectivity index (χ4v) is 2.31. The first-order chi connectivity index (χ1) is 11.2. The molecule has 118 valence electrons. The second-order valence-electron chi connectivity index (χ2n) is 4.86. The van der Waals surface area contributed by atoms with Crippen LogP contribution in [-0.4, -0.2) is 17.6 Å². The monoisotopic (exact) mass is 313 g/mol. The van der Waals surface area contributed by atoms with E-state index in [1.807, 2.05) is 0 Å². The van der Waals surface area contributed by atoms with E-state index in [0.717, 1.165) is 0 Å². The summed E-state index contributed by atoms with van der Waals surface area (Å²) >= 11 is 0. The maximum atomic E-state index is 12.0. The predicted molar refractivity (Wildman–Crippen MR) is 83.7 cm³/mol. The van der Waals surface area contributed by atoms with Crippen LogP contribution in [-0.2, 0) is 11.3 Å². The first-order valence-electron chi connectivity index (χ1n) is 7.11. The Morgan fingerprint density at radius 3 is 2.57 bits per heavy atom. The number of ether oxygens (including phenoxy) is 2. The Kier molecular flexibility index (Phi) is 4.14. The number of carbonyl (C=O) groups is 1. The molecule has 3 rings (SSSR count). The molecule has 1 heterocycles. The summed E-state index contributed by atoms with van der Waals surface area (Å²) in [6.07, 6.45) is 0.0431. The summed E-state index contributed by atoms with van der Waals surface area (Å²) in [5, 5.41) is 0. The number of oxazole rings is 1. The Morgan fingerprint density at radius 1 is 1.09 bits per heavy atom. The van der Waals surface area contributed by atoms with Gasteiger partial charge in [0.15, 0.2) is 17.1 Å². The van der Waals surface area contributed by atoms with E-state index >= 15 is 0 Å². The molecular formula is C17H15NO5. The number of rotatable bonds is 5. The molecule has 0 amide bonds. The van der Waals surface area contributed by atoms with Crippen LogP contribution in [0.3, 0.4) is 0 Å². The number of aryl methyl sites for hydroxylation is 1. The summed E-state index contributed by atoms with van der Waals surface area (Å²) in [5.74, 6) is -0.112. The van der Waals surface area contributed by atoms with Crippen LogP contribution >= 0.6 is 0 Å². The zero-order valence-electron chi connectivity index (χ0n) is 12.5. The van der Waals surface area contributed by atoms with Crippen LogP contribution in [0.4, 0.5) is 0 Å². The Morgan fingerprint density at radius 2 is 1.78 bits per heavy atom. The van der Waals surface area contributed by atoms with Crippen molar-refractivity contribution in [3.8, 4) is 11.5 Å². The number of hydrogen-bond acceptors (Lipinski definition) is 5. The van der Waals surface area contributed by atoms with Crippen molar-refractivity contribution in [1.29, 1.82) is 0 Å². The molecule has 0 aliphatic heterocycles. The molecule has 23 heavy (non-hydrogen) atoms. The lowest BCUT2D eigenvalue weighted by Crippen LogP contribution is -2.18. The summed E-state index contributed by atoms with van der Waals surface area (Å²) in [4.78, 5) is 23.8. The third-order valence-corrected chi connectivity index (χ3v) is 3.41. The van der Waals surface area contributed by atoms with E-state index in [1.165, 1.54) is 11.7 Å². The highest BCUT2D eigenvalue weighted by Gasteiger charge is 2.13. The number of nitrogens with zero attached hydrogens (tertiary/aromatic N) is 1. The number of carbonyl (C=O) groups excluding carboxylic acids is 1. The van der Waals surface area contributed by atoms with Crippen LogP contribution in [0, 0.1) is 0 Å². The lowest BCUT2D eigenvalue weighted by atomic mass is 10.3. The lowest BCUT2D eigenvalue weighted by Gasteiger charge is -2.08. The van der Waals surface area contributed by atoms with Gasteiger partial charge in [-0.15, -0.1) is 0 Å². The first-order valence-corrected chi connectivity index (χ1v) is 7.11. The molecule has 0 saturated heterocycles. The minimum absolute atomic E-state index is 0.0431. The highest BCUT2D eigenvalue weighted by Crippen LogP contribution is 2.26. The molecule has 1 aromatic heterocycles. The molecule has 3 aromatic rings. The van der Waals surface area contributed by atoms with Gasteiger partial charge in [0.25, 0.3) is 0 Å². The Bertz CT molecular complexity index is 893. The summed E-state index contributed by atoms with van der Waals surface area (Å²) in [5.41, 5.74) is 1.15. The van der Waals surface area contributed by atoms with Gasteiger partial charge in [-0.1, -0.05) is 24.3 Å². The lowest BCUT2D eigenvalue weighted by molar-refractivity contribution is -0.134. The molecule has 0 atom stereocenters. The van der Waals surface area contributed by atoms with E-state index in [1.54, 1.807) is 48.5 Å². The molecule has 6 nitrogen and oxygen atoms in total. The molecular weight excluding hydrogens is 298 g/mol. The van der Waals surface area contributed by atoms with Crippen molar-refractivity contribution >= 4 is 17.1 Å². The van der Waals surface area contributed by atoms with Crippen LogP contribution < -0.4 is 15.2 Å². The average molecular weight is 313 g/mol. The van der Waals surface area contributed by atoms with Gasteiger partial charge >= 0.3 is 11.7 Å². The zero-order chi connectivity index (χ0) is 16.2. The van der Waals surface area contributed by atoms with Crippen molar-refractivity contribution in [2.45, 2.75) is 13.0 Å². The smallest absolute Gasteiger partial charge is 0.419 e. The number of fused-ring (bicyclic) bond motifs is 1. The van der Waals surface area contributed by atoms with Gasteiger partial charge in [0.2, 0.25) is 0 Å². The number of benzene rings is 2. The molecule has 0 bridgehead atoms. The number of para-hydroxylation sites is 4. The largest absolute Gasteiger partial charge is 0.493 e. The average Bonchev–Trinajstić information content (AvgIpc) is 2.88. The Balaban J connectivity index is 1.71. The van der Waals surface area contributed by atoms with Crippen LogP contribution in [0.15, 0.2) is 57.7 Å². The summed E-state index contributed by atoms with van der Waals surface area (Å²) in [7, 11) is 1.50. The van der Waals surface area contributed by atoms with Gasteiger partial charge in [0, 0.05) is 6.54 Å². The number of esters is 1. The molecule has 2 aromatic carbocycles. The molecule has 0 N–H and O–H groups in total. The Labute approximate surface area is 131 Å². The van der Waals surface area contributed by atoms with E-state index in [0.29, 0.717) is 22.6 Å². The first kappa shape index (κ1) is 14.9. The van der Waals surface area contributed by atoms with Crippen LogP contribution in [0.25, 0.3) is 11.1 Å². The summed E-state index contributed by atoms with van der Waals surface area (Å²) < 4.78 is 16.9. The molecule has 0 aliphatic rings. The molecule has 0 radical (unpaired) electrons. The molecule has 0 aliphatic carbocycles. The number of aromatic nitrogens is 1. The van der Waals surface area contributed by atoms with E-state index in [4.69, 9.17) is 13.9 Å². The second-order valence-corrected chi connectivity index (χ2v) is 4.86. The third-order valence-electron chi connectivity index (χ3n) is 3.41. The molecule has 0 spiro atoms. The minimum atomic E-state index is -0.490. The topological polar surface area (TPSA) is 70.7 Å². The normalized spacial score (nSPS) is 10.7. The van der Waals surface area contributed by atoms with Crippen molar-refractivity contribution in [3.05, 3.63) is 59.1 Å². The zero-order valence-corrected chi connectivity index (χ0v) is 12.5. The molecule has 0 saturated carbocycles. The highest BCUT2D eigenvalue weighted by molar-refractivity contribution is 5.75. The van der Waals surface area contributed by atoms with E-state index < -0.39 is 11.7 Å². The van der Waals surface area contributed by atoms with Gasteiger partial charge in [0.1, 0.15) is 0 Å². The maximum absolute atomic E-state index is 12.0. The van der Waals surface area contributed by atoms with Crippen molar-refractivity contribution in [2.24, 2.45) is 0 Å². The van der Waals surface area contributed by atoms with Crippen molar-refractivity contribution in [2.75, 3.05) is 7.11 Å². The van der Waals surface area contributed by atoms with Crippen molar-refractivity contribution < 1.29 is 18.7 Å². The summed E-state index contributed by atoms with van der Waals surface area (Å²) in [6.45, 7) is 0.184. The van der Waals surface area contributed by atoms with E-state index in [9.17, 15) is 9.59 Å². The molecule has 6 heteroatoms. The quantitative estimate of drug-likeness (QED) is 0.535. The fraction of sp³-hybridized carbons (Fsp3) is 0.176. The summed E-state index contributed by atoms with van der Waals surface area (Å²) in [6, 6.07) is 14.0. The van der Waals surface area contributed by atoms with Crippen LogP contribution in [0.5, 0.6) is 11.5 Å². The third kappa shape index (κ3) is 3.11. The maximum Gasteiger partial charge on any atom is 0.419 e. The highest BCUT2D eigenvalue weighted by atomic mass is 16.6. The minimum Gasteiger partial charge on any atom is -0.493 e. The van der Waals surface area contributed by atoms with E-state index in [-0.39, 0.29) is 13.0 Å². The van der Waals surface area contributed by atoms with Gasteiger partial charge in [0.05, 0.1) is 19.0 Å². The van der Waals surface area contributed by atoms with Crippen molar-refractivity contribution in [1.82, 2.24) is 4.57 Å². The standard InChI is InChI=1S/C17H15NO5/c1-21-14-8-4-5-9-15(14)22-16(19)10-11-18-12-6-2-3-7-13(12)23-17(18)20/h2-9H,10-11H2,1H3. The second kappa shape index (κ2) is 6.39. The number of hydrogen-bond donors (Lipinski definition) is 0. The molecule has 0 fully saturated rings. The van der Waals surface area contributed by atoms with Gasteiger partial charge in [-0.2, -0.15) is 0 Å². The van der Waals surface area contributed by atoms with Crippen LogP contribution in [0.1, 0.15) is 6.42 Å². The van der Waals surface area contributed by atoms with Crippen LogP contribution in [0.2, 0.25) is 0 Å². The fourth-order valence-electron chi connectivity index (χ4n) is 2.31. The number of methoxy groups -OCH3 is 1. The van der Waals surface area contributed by atoms with Gasteiger partial charge in [-0.05, 0) is 24.3 Å². The SMILES string of the molecule is COc1ccccc1OC(=O)CCn1c(=O)oc2ccccc21. The van der Waals surface area contributed by atoms with Gasteiger partial charge < -0.3 is 13.9 Å². The Hall–Kier alpha value is -3.02. The van der Waals surface area contributed by atoms with Gasteiger partial charge in [-0.3, -0.25) is 9.36 Å². The molecule has 0 unspecified atom stereocenters. The van der Waals surface area contributed by atoms with E-state index in [2.05, 4.69) is 0 Å². The van der Waals surface area contributed by atoms with Gasteiger partial charge in [-0.25, -0.2) is 4.79 Å². The predicted octanol–water partition coefficient (Wildman–Crippen LogP) is 2.60.